The molecule has 2 amide bonds. The molecule has 1 heterocycles. The van der Waals surface area contributed by atoms with Crippen LogP contribution in [0.1, 0.15) is 12.5 Å². The van der Waals surface area contributed by atoms with Crippen LogP contribution in [0.5, 0.6) is 11.5 Å². The number of amides is 2. The molecule has 1 aliphatic rings. The predicted molar refractivity (Wildman–Crippen MR) is 95.9 cm³/mol. The van der Waals surface area contributed by atoms with E-state index in [-0.39, 0.29) is 10.6 Å². The number of halogens is 1. The molecule has 6 heteroatoms. The average Bonchev–Trinajstić information content (AvgIpc) is 2.85. The Bertz CT molecular complexity index is 841. The van der Waals surface area contributed by atoms with Gasteiger partial charge in [-0.15, -0.1) is 0 Å². The van der Waals surface area contributed by atoms with Gasteiger partial charge in [0.2, 0.25) is 0 Å². The maximum atomic E-state index is 12.8. The van der Waals surface area contributed by atoms with Crippen molar-refractivity contribution in [1.82, 2.24) is 0 Å². The quantitative estimate of drug-likeness (QED) is 0.767. The summed E-state index contributed by atoms with van der Waals surface area (Å²) in [6.45, 7) is 2.42. The molecule has 0 aromatic heterocycles. The van der Waals surface area contributed by atoms with Crippen molar-refractivity contribution in [2.75, 3.05) is 18.6 Å². The van der Waals surface area contributed by atoms with E-state index in [2.05, 4.69) is 0 Å². The van der Waals surface area contributed by atoms with Gasteiger partial charge in [0.05, 0.1) is 25.0 Å². The minimum absolute atomic E-state index is 0.0935. The van der Waals surface area contributed by atoms with E-state index < -0.39 is 11.8 Å². The summed E-state index contributed by atoms with van der Waals surface area (Å²) in [7, 11) is 1.55. The van der Waals surface area contributed by atoms with Crippen LogP contribution in [0, 0.1) is 0 Å². The van der Waals surface area contributed by atoms with E-state index in [4.69, 9.17) is 21.1 Å². The molecule has 0 aliphatic carbocycles. The second-order valence-corrected chi connectivity index (χ2v) is 5.67. The topological polar surface area (TPSA) is 55.8 Å². The number of benzene rings is 2. The van der Waals surface area contributed by atoms with Gasteiger partial charge in [-0.2, -0.15) is 0 Å². The molecule has 0 unspecified atom stereocenters. The summed E-state index contributed by atoms with van der Waals surface area (Å²) < 4.78 is 10.5. The Morgan fingerprint density at radius 2 is 1.52 bits per heavy atom. The summed E-state index contributed by atoms with van der Waals surface area (Å²) in [5.74, 6) is 0.325. The molecule has 0 saturated carbocycles. The van der Waals surface area contributed by atoms with Crippen molar-refractivity contribution >= 4 is 34.7 Å². The van der Waals surface area contributed by atoms with Gasteiger partial charge in [0.15, 0.2) is 0 Å². The summed E-state index contributed by atoms with van der Waals surface area (Å²) in [6, 6.07) is 13.5. The van der Waals surface area contributed by atoms with E-state index >= 15 is 0 Å². The first-order chi connectivity index (χ1) is 12.1. The van der Waals surface area contributed by atoms with Crippen LogP contribution in [-0.4, -0.2) is 25.5 Å². The molecule has 2 aromatic rings. The fraction of sp³-hybridized carbons (Fsp3) is 0.158. The number of imide groups is 1. The molecule has 1 aliphatic heterocycles. The Morgan fingerprint density at radius 1 is 0.920 bits per heavy atom. The van der Waals surface area contributed by atoms with Gasteiger partial charge >= 0.3 is 0 Å². The zero-order valence-corrected chi connectivity index (χ0v) is 14.5. The van der Waals surface area contributed by atoms with E-state index in [0.717, 1.165) is 4.90 Å². The highest BCUT2D eigenvalue weighted by molar-refractivity contribution is 6.60. The number of rotatable bonds is 5. The molecule has 2 aromatic carbocycles. The lowest BCUT2D eigenvalue weighted by atomic mass is 10.1. The number of carbonyl (C=O) groups is 2. The summed E-state index contributed by atoms with van der Waals surface area (Å²) >= 11 is 6.17. The molecule has 0 bridgehead atoms. The smallest absolute Gasteiger partial charge is 0.277 e. The highest BCUT2D eigenvalue weighted by Crippen LogP contribution is 2.35. The highest BCUT2D eigenvalue weighted by Gasteiger charge is 2.39. The largest absolute Gasteiger partial charge is 0.497 e. The van der Waals surface area contributed by atoms with Crippen molar-refractivity contribution in [2.24, 2.45) is 0 Å². The molecule has 3 rings (SSSR count). The van der Waals surface area contributed by atoms with E-state index in [0.29, 0.717) is 29.4 Å². The fourth-order valence-corrected chi connectivity index (χ4v) is 2.88. The van der Waals surface area contributed by atoms with Crippen LogP contribution in [0.3, 0.4) is 0 Å². The molecule has 0 saturated heterocycles. The Balaban J connectivity index is 1.92. The van der Waals surface area contributed by atoms with Gasteiger partial charge in [0, 0.05) is 0 Å². The van der Waals surface area contributed by atoms with Crippen LogP contribution < -0.4 is 14.4 Å². The van der Waals surface area contributed by atoms with Crippen molar-refractivity contribution in [3.8, 4) is 11.5 Å². The lowest BCUT2D eigenvalue weighted by Gasteiger charge is -2.15. The fourth-order valence-electron chi connectivity index (χ4n) is 2.60. The van der Waals surface area contributed by atoms with E-state index in [1.807, 2.05) is 6.92 Å². The first-order valence-electron chi connectivity index (χ1n) is 7.72. The van der Waals surface area contributed by atoms with Crippen LogP contribution in [0.25, 0.3) is 5.57 Å². The molecule has 0 N–H and O–H groups in total. The van der Waals surface area contributed by atoms with Gasteiger partial charge in [-0.1, -0.05) is 23.7 Å². The molecular formula is C19H16ClNO4. The molecule has 0 radical (unpaired) electrons. The second-order valence-electron chi connectivity index (χ2n) is 5.29. The van der Waals surface area contributed by atoms with Gasteiger partial charge in [-0.25, -0.2) is 4.90 Å². The number of hydrogen-bond acceptors (Lipinski definition) is 4. The minimum Gasteiger partial charge on any atom is -0.497 e. The van der Waals surface area contributed by atoms with Crippen molar-refractivity contribution in [3.63, 3.8) is 0 Å². The molecule has 128 valence electrons. The first-order valence-corrected chi connectivity index (χ1v) is 8.10. The van der Waals surface area contributed by atoms with Crippen LogP contribution >= 0.6 is 11.6 Å². The summed E-state index contributed by atoms with van der Waals surface area (Å²) in [5, 5.41) is -0.0935. The third-order valence-corrected chi connectivity index (χ3v) is 4.16. The Hall–Kier alpha value is -2.79. The first kappa shape index (κ1) is 17.0. The zero-order chi connectivity index (χ0) is 18.0. The number of carbonyl (C=O) groups excluding carboxylic acids is 2. The number of ether oxygens (including phenoxy) is 2. The van der Waals surface area contributed by atoms with Gasteiger partial charge in [0.1, 0.15) is 16.5 Å². The molecule has 0 fully saturated rings. The van der Waals surface area contributed by atoms with Crippen molar-refractivity contribution < 1.29 is 19.1 Å². The van der Waals surface area contributed by atoms with E-state index in [1.165, 1.54) is 0 Å². The van der Waals surface area contributed by atoms with Crippen molar-refractivity contribution in [3.05, 3.63) is 59.1 Å². The molecule has 25 heavy (non-hydrogen) atoms. The van der Waals surface area contributed by atoms with E-state index in [1.54, 1.807) is 55.6 Å². The predicted octanol–water partition coefficient (Wildman–Crippen LogP) is 3.62. The van der Waals surface area contributed by atoms with Gasteiger partial charge in [0.25, 0.3) is 11.8 Å². The van der Waals surface area contributed by atoms with E-state index in [9.17, 15) is 9.59 Å². The van der Waals surface area contributed by atoms with Crippen LogP contribution in [0.15, 0.2) is 53.6 Å². The minimum atomic E-state index is -0.540. The molecule has 0 atom stereocenters. The van der Waals surface area contributed by atoms with Crippen LogP contribution in [0.4, 0.5) is 5.69 Å². The van der Waals surface area contributed by atoms with Gasteiger partial charge < -0.3 is 9.47 Å². The third-order valence-electron chi connectivity index (χ3n) is 3.81. The summed E-state index contributed by atoms with van der Waals surface area (Å²) in [4.78, 5) is 26.4. The maximum Gasteiger partial charge on any atom is 0.277 e. The summed E-state index contributed by atoms with van der Waals surface area (Å²) in [6.07, 6.45) is 0. The monoisotopic (exact) mass is 357 g/mol. The Kier molecular flexibility index (Phi) is 4.76. The number of hydrogen-bond donors (Lipinski definition) is 0. The number of methoxy groups -OCH3 is 1. The maximum absolute atomic E-state index is 12.8. The molecular weight excluding hydrogens is 342 g/mol. The highest BCUT2D eigenvalue weighted by atomic mass is 35.5. The van der Waals surface area contributed by atoms with Crippen molar-refractivity contribution in [2.45, 2.75) is 6.92 Å². The zero-order valence-electron chi connectivity index (χ0n) is 13.8. The SMILES string of the molecule is CCOc1ccc(N2C(=O)C(Cl)=C(c3ccc(OC)cc3)C2=O)cc1. The normalized spacial score (nSPS) is 14.3. The standard InChI is InChI=1S/C19H16ClNO4/c1-3-25-15-10-6-13(7-11-15)21-18(22)16(17(20)19(21)23)12-4-8-14(24-2)9-5-12/h4-11H,3H2,1-2H3. The van der Waals surface area contributed by atoms with Gasteiger partial charge in [-0.05, 0) is 48.9 Å². The van der Waals surface area contributed by atoms with Gasteiger partial charge in [-0.3, -0.25) is 9.59 Å². The lowest BCUT2D eigenvalue weighted by Crippen LogP contribution is -2.31. The number of anilines is 1. The second kappa shape index (κ2) is 6.99. The Morgan fingerprint density at radius 3 is 2.08 bits per heavy atom. The summed E-state index contributed by atoms with van der Waals surface area (Å²) in [5.41, 5.74) is 1.20. The average molecular weight is 358 g/mol. The van der Waals surface area contributed by atoms with Crippen LogP contribution in [0.2, 0.25) is 0 Å². The molecule has 5 nitrogen and oxygen atoms in total. The molecule has 0 spiro atoms. The lowest BCUT2D eigenvalue weighted by molar-refractivity contribution is -0.119. The van der Waals surface area contributed by atoms with Crippen LogP contribution in [-0.2, 0) is 9.59 Å². The van der Waals surface area contributed by atoms with Crippen molar-refractivity contribution in [1.29, 1.82) is 0 Å². The Labute approximate surface area is 150 Å². The number of nitrogens with zero attached hydrogens (tertiary/aromatic N) is 1. The third kappa shape index (κ3) is 3.10.